The normalized spacial score (nSPS) is 11.8. The first-order chi connectivity index (χ1) is 12.8. The van der Waals surface area contributed by atoms with Gasteiger partial charge in [0, 0.05) is 31.3 Å². The predicted octanol–water partition coefficient (Wildman–Crippen LogP) is 3.16. The molecule has 9 heteroatoms. The summed E-state index contributed by atoms with van der Waals surface area (Å²) in [6, 6.07) is 10.7. The maximum atomic E-state index is 12.5. The number of nitrogens with one attached hydrogen (secondary N) is 2. The first kappa shape index (κ1) is 20.2. The number of hydrogen-bond donors (Lipinski definition) is 3. The van der Waals surface area contributed by atoms with Gasteiger partial charge in [0.05, 0.1) is 7.11 Å². The van der Waals surface area contributed by atoms with Crippen LogP contribution in [0.15, 0.2) is 47.5 Å². The maximum absolute atomic E-state index is 12.5. The van der Waals surface area contributed by atoms with Crippen molar-refractivity contribution in [3.8, 4) is 17.2 Å². The van der Waals surface area contributed by atoms with Gasteiger partial charge < -0.3 is 25.2 Å². The third kappa shape index (κ3) is 6.28. The lowest BCUT2D eigenvalue weighted by molar-refractivity contribution is -0.274. The molecule has 0 saturated carbocycles. The molecule has 0 unspecified atom stereocenters. The summed E-state index contributed by atoms with van der Waals surface area (Å²) in [7, 11) is 3.05. The lowest BCUT2D eigenvalue weighted by atomic mass is 10.2. The number of aromatic hydroxyl groups is 1. The Balaban J connectivity index is 1.99. The second kappa shape index (κ2) is 9.02. The molecule has 0 heterocycles. The van der Waals surface area contributed by atoms with Crippen LogP contribution in [0, 0.1) is 0 Å². The van der Waals surface area contributed by atoms with Gasteiger partial charge in [-0.05, 0) is 24.3 Å². The Morgan fingerprint density at radius 3 is 2.37 bits per heavy atom. The number of halogens is 3. The molecule has 6 nitrogen and oxygen atoms in total. The number of aliphatic imine (C=N–C) groups is 1. The highest BCUT2D eigenvalue weighted by Gasteiger charge is 2.31. The standard InChI is InChI=1S/C18H20F3N3O3/c1-22-17(24-11-13-9-14(26-2)7-8-15(13)25)23-10-12-5-3-4-6-16(12)27-18(19,20)21/h3-9,25H,10-11H2,1-2H3,(H2,22,23,24). The number of para-hydroxylation sites is 1. The molecular formula is C18H20F3N3O3. The van der Waals surface area contributed by atoms with Gasteiger partial charge in [-0.25, -0.2) is 0 Å². The SMILES string of the molecule is CN=C(NCc1cc(OC)ccc1O)NCc1ccccc1OC(F)(F)F. The van der Waals surface area contributed by atoms with Crippen molar-refractivity contribution in [3.63, 3.8) is 0 Å². The Hall–Kier alpha value is -3.10. The molecule has 0 fully saturated rings. The van der Waals surface area contributed by atoms with Crippen molar-refractivity contribution in [1.29, 1.82) is 0 Å². The molecule has 0 spiro atoms. The highest BCUT2D eigenvalue weighted by molar-refractivity contribution is 5.79. The van der Waals surface area contributed by atoms with Gasteiger partial charge in [-0.2, -0.15) is 0 Å². The summed E-state index contributed by atoms with van der Waals surface area (Å²) < 4.78 is 46.6. The van der Waals surface area contributed by atoms with Gasteiger partial charge in [0.25, 0.3) is 0 Å². The van der Waals surface area contributed by atoms with Gasteiger partial charge >= 0.3 is 6.36 Å². The van der Waals surface area contributed by atoms with Crippen LogP contribution in [0.4, 0.5) is 13.2 Å². The number of rotatable bonds is 6. The van der Waals surface area contributed by atoms with Crippen LogP contribution in [0.25, 0.3) is 0 Å². The van der Waals surface area contributed by atoms with E-state index in [0.717, 1.165) is 0 Å². The summed E-state index contributed by atoms with van der Waals surface area (Å²) in [5.74, 6) is 0.742. The van der Waals surface area contributed by atoms with Crippen molar-refractivity contribution >= 4 is 5.96 Å². The van der Waals surface area contributed by atoms with E-state index in [1.807, 2.05) is 0 Å². The van der Waals surface area contributed by atoms with Crippen LogP contribution in [-0.4, -0.2) is 31.6 Å². The number of alkyl halides is 3. The molecule has 0 bridgehead atoms. The fourth-order valence-corrected chi connectivity index (χ4v) is 2.28. The number of benzene rings is 2. The van der Waals surface area contributed by atoms with Crippen molar-refractivity contribution in [2.45, 2.75) is 19.5 Å². The zero-order valence-electron chi connectivity index (χ0n) is 14.8. The van der Waals surface area contributed by atoms with Gasteiger partial charge in [-0.3, -0.25) is 4.99 Å². The summed E-state index contributed by atoms with van der Waals surface area (Å²) in [5, 5.41) is 15.8. The third-order valence-corrected chi connectivity index (χ3v) is 3.60. The Kier molecular flexibility index (Phi) is 6.75. The maximum Gasteiger partial charge on any atom is 0.573 e. The Labute approximate surface area is 154 Å². The van der Waals surface area contributed by atoms with E-state index >= 15 is 0 Å². The number of methoxy groups -OCH3 is 1. The van der Waals surface area contributed by atoms with E-state index in [9.17, 15) is 18.3 Å². The van der Waals surface area contributed by atoms with E-state index < -0.39 is 6.36 Å². The molecule has 0 amide bonds. The van der Waals surface area contributed by atoms with E-state index in [-0.39, 0.29) is 24.6 Å². The molecule has 0 saturated heterocycles. The molecule has 2 aromatic rings. The molecule has 0 aliphatic heterocycles. The quantitative estimate of drug-likeness (QED) is 0.528. The molecule has 27 heavy (non-hydrogen) atoms. The zero-order chi connectivity index (χ0) is 19.9. The topological polar surface area (TPSA) is 75.1 Å². The lowest BCUT2D eigenvalue weighted by Crippen LogP contribution is -2.36. The summed E-state index contributed by atoms with van der Waals surface area (Å²) in [6.45, 7) is 0.305. The number of phenols is 1. The fraction of sp³-hybridized carbons (Fsp3) is 0.278. The van der Waals surface area contributed by atoms with E-state index in [1.165, 1.54) is 38.4 Å². The minimum atomic E-state index is -4.76. The van der Waals surface area contributed by atoms with E-state index in [1.54, 1.807) is 18.2 Å². The molecule has 0 atom stereocenters. The van der Waals surface area contributed by atoms with Crippen molar-refractivity contribution < 1.29 is 27.8 Å². The lowest BCUT2D eigenvalue weighted by Gasteiger charge is -2.16. The zero-order valence-corrected chi connectivity index (χ0v) is 14.8. The van der Waals surface area contributed by atoms with Crippen LogP contribution in [-0.2, 0) is 13.1 Å². The molecule has 0 aromatic heterocycles. The first-order valence-electron chi connectivity index (χ1n) is 7.96. The molecule has 146 valence electrons. The van der Waals surface area contributed by atoms with Crippen LogP contribution in [0.1, 0.15) is 11.1 Å². The number of hydrogen-bond acceptors (Lipinski definition) is 4. The molecule has 2 rings (SSSR count). The van der Waals surface area contributed by atoms with E-state index in [0.29, 0.717) is 22.8 Å². The number of ether oxygens (including phenoxy) is 2. The number of guanidine groups is 1. The van der Waals surface area contributed by atoms with E-state index in [2.05, 4.69) is 20.4 Å². The molecule has 2 aromatic carbocycles. The Bertz CT molecular complexity index is 795. The third-order valence-electron chi connectivity index (χ3n) is 3.60. The molecule has 0 aliphatic carbocycles. The Morgan fingerprint density at radius 1 is 1.07 bits per heavy atom. The number of nitrogens with zero attached hydrogens (tertiary/aromatic N) is 1. The Morgan fingerprint density at radius 2 is 1.74 bits per heavy atom. The van der Waals surface area contributed by atoms with Crippen LogP contribution in [0.3, 0.4) is 0 Å². The van der Waals surface area contributed by atoms with Crippen molar-refractivity contribution in [1.82, 2.24) is 10.6 Å². The fourth-order valence-electron chi connectivity index (χ4n) is 2.28. The minimum Gasteiger partial charge on any atom is -0.508 e. The summed E-state index contributed by atoms with van der Waals surface area (Å²) in [6.07, 6.45) is -4.76. The van der Waals surface area contributed by atoms with Crippen LogP contribution in [0.5, 0.6) is 17.2 Å². The van der Waals surface area contributed by atoms with Gasteiger partial charge in [0.2, 0.25) is 0 Å². The first-order valence-corrected chi connectivity index (χ1v) is 7.96. The van der Waals surface area contributed by atoms with Gasteiger partial charge in [0.15, 0.2) is 5.96 Å². The van der Waals surface area contributed by atoms with Gasteiger partial charge in [-0.15, -0.1) is 13.2 Å². The molecule has 0 aliphatic rings. The molecular weight excluding hydrogens is 363 g/mol. The average molecular weight is 383 g/mol. The second-order valence-electron chi connectivity index (χ2n) is 5.43. The van der Waals surface area contributed by atoms with E-state index in [4.69, 9.17) is 4.74 Å². The predicted molar refractivity (Wildman–Crippen MR) is 94.8 cm³/mol. The van der Waals surface area contributed by atoms with Gasteiger partial charge in [-0.1, -0.05) is 18.2 Å². The van der Waals surface area contributed by atoms with Crippen LogP contribution < -0.4 is 20.1 Å². The summed E-state index contributed by atoms with van der Waals surface area (Å²) in [4.78, 5) is 4.01. The molecule has 0 radical (unpaired) electrons. The largest absolute Gasteiger partial charge is 0.573 e. The summed E-state index contributed by atoms with van der Waals surface area (Å²) >= 11 is 0. The van der Waals surface area contributed by atoms with Gasteiger partial charge in [0.1, 0.15) is 17.2 Å². The molecule has 3 N–H and O–H groups in total. The monoisotopic (exact) mass is 383 g/mol. The highest BCUT2D eigenvalue weighted by Crippen LogP contribution is 2.26. The average Bonchev–Trinajstić information content (AvgIpc) is 2.63. The highest BCUT2D eigenvalue weighted by atomic mass is 19.4. The number of phenolic OH excluding ortho intramolecular Hbond substituents is 1. The summed E-state index contributed by atoms with van der Waals surface area (Å²) in [5.41, 5.74) is 0.903. The van der Waals surface area contributed by atoms with Crippen LogP contribution in [0.2, 0.25) is 0 Å². The van der Waals surface area contributed by atoms with Crippen molar-refractivity contribution in [2.75, 3.05) is 14.2 Å². The van der Waals surface area contributed by atoms with Crippen LogP contribution >= 0.6 is 0 Å². The smallest absolute Gasteiger partial charge is 0.508 e. The van der Waals surface area contributed by atoms with Crippen molar-refractivity contribution in [2.24, 2.45) is 4.99 Å². The minimum absolute atomic E-state index is 0.0655. The second-order valence-corrected chi connectivity index (χ2v) is 5.43. The van der Waals surface area contributed by atoms with Crippen molar-refractivity contribution in [3.05, 3.63) is 53.6 Å².